The van der Waals surface area contributed by atoms with Crippen LogP contribution >= 0.6 is 0 Å². The molecule has 3 heteroatoms. The molecule has 1 aromatic carbocycles. The van der Waals surface area contributed by atoms with Crippen LogP contribution in [0.1, 0.15) is 24.0 Å². The smallest absolute Gasteiger partial charge is 0.122 e. The maximum Gasteiger partial charge on any atom is 0.122 e. The molecule has 2 aliphatic heterocycles. The molecule has 108 valence electrons. The summed E-state index contributed by atoms with van der Waals surface area (Å²) in [6.45, 7) is 8.27. The van der Waals surface area contributed by atoms with Gasteiger partial charge in [-0.1, -0.05) is 12.1 Å². The minimum Gasteiger partial charge on any atom is -0.493 e. The highest BCUT2D eigenvalue weighted by atomic mass is 16.5. The van der Waals surface area contributed by atoms with Crippen LogP contribution < -0.4 is 4.74 Å². The molecule has 1 aliphatic carbocycles. The molecule has 0 bridgehead atoms. The van der Waals surface area contributed by atoms with Gasteiger partial charge in [0.1, 0.15) is 5.75 Å². The number of piperazine rings is 1. The largest absolute Gasteiger partial charge is 0.493 e. The lowest BCUT2D eigenvalue weighted by Gasteiger charge is -2.34. The zero-order valence-corrected chi connectivity index (χ0v) is 12.2. The Labute approximate surface area is 121 Å². The van der Waals surface area contributed by atoms with Crippen molar-refractivity contribution in [3.63, 3.8) is 0 Å². The van der Waals surface area contributed by atoms with Crippen molar-refractivity contribution in [1.82, 2.24) is 9.80 Å². The lowest BCUT2D eigenvalue weighted by molar-refractivity contribution is 0.123. The first kappa shape index (κ1) is 12.7. The molecule has 0 N–H and O–H groups in total. The van der Waals surface area contributed by atoms with Crippen LogP contribution in [0, 0.1) is 5.92 Å². The zero-order valence-electron chi connectivity index (χ0n) is 12.2. The van der Waals surface area contributed by atoms with Crippen molar-refractivity contribution in [3.8, 4) is 5.75 Å². The number of nitrogens with zero attached hydrogens (tertiary/aromatic N) is 2. The molecule has 3 nitrogen and oxygen atoms in total. The first-order valence-electron chi connectivity index (χ1n) is 8.06. The van der Waals surface area contributed by atoms with Crippen LogP contribution in [0.5, 0.6) is 5.75 Å². The van der Waals surface area contributed by atoms with E-state index in [0.29, 0.717) is 0 Å². The summed E-state index contributed by atoms with van der Waals surface area (Å²) in [6, 6.07) is 6.74. The van der Waals surface area contributed by atoms with Gasteiger partial charge in [0.2, 0.25) is 0 Å². The Morgan fingerprint density at radius 3 is 2.65 bits per heavy atom. The molecule has 1 saturated carbocycles. The maximum absolute atomic E-state index is 5.58. The number of hydrogen-bond acceptors (Lipinski definition) is 3. The minimum atomic E-state index is 0.860. The van der Waals surface area contributed by atoms with E-state index in [1.807, 2.05) is 0 Å². The molecule has 1 aromatic rings. The highest BCUT2D eigenvalue weighted by Crippen LogP contribution is 2.30. The topological polar surface area (TPSA) is 15.7 Å². The Bertz CT molecular complexity index is 476. The quantitative estimate of drug-likeness (QED) is 0.835. The van der Waals surface area contributed by atoms with Crippen molar-refractivity contribution in [3.05, 3.63) is 29.3 Å². The number of benzene rings is 1. The monoisotopic (exact) mass is 272 g/mol. The fraction of sp³-hybridized carbons (Fsp3) is 0.647. The summed E-state index contributed by atoms with van der Waals surface area (Å²) in [7, 11) is 0. The molecular formula is C17H24N2O. The second-order valence-corrected chi connectivity index (χ2v) is 6.56. The van der Waals surface area contributed by atoms with Gasteiger partial charge in [-0.3, -0.25) is 4.90 Å². The van der Waals surface area contributed by atoms with E-state index in [9.17, 15) is 0 Å². The molecule has 0 aromatic heterocycles. The van der Waals surface area contributed by atoms with E-state index in [1.54, 1.807) is 0 Å². The summed E-state index contributed by atoms with van der Waals surface area (Å²) in [4.78, 5) is 5.26. The Balaban J connectivity index is 1.31. The van der Waals surface area contributed by atoms with E-state index >= 15 is 0 Å². The average molecular weight is 272 g/mol. The summed E-state index contributed by atoms with van der Waals surface area (Å²) in [6.07, 6.45) is 4.02. The molecule has 3 aliphatic rings. The Hall–Kier alpha value is -1.06. The number of hydrogen-bond donors (Lipinski definition) is 0. The molecule has 4 rings (SSSR count). The molecule has 0 unspecified atom stereocenters. The van der Waals surface area contributed by atoms with Crippen molar-refractivity contribution in [2.24, 2.45) is 5.92 Å². The van der Waals surface area contributed by atoms with Crippen molar-refractivity contribution < 1.29 is 4.74 Å². The predicted molar refractivity (Wildman–Crippen MR) is 80.1 cm³/mol. The van der Waals surface area contributed by atoms with Crippen molar-refractivity contribution >= 4 is 0 Å². The highest BCUT2D eigenvalue weighted by molar-refractivity contribution is 5.39. The molecule has 2 fully saturated rings. The first-order valence-corrected chi connectivity index (χ1v) is 8.06. The van der Waals surface area contributed by atoms with E-state index in [0.717, 1.165) is 31.2 Å². The van der Waals surface area contributed by atoms with E-state index in [-0.39, 0.29) is 0 Å². The van der Waals surface area contributed by atoms with Gasteiger partial charge in [0, 0.05) is 45.7 Å². The van der Waals surface area contributed by atoms with E-state index in [2.05, 4.69) is 28.0 Å². The number of ether oxygens (including phenoxy) is 1. The molecule has 0 atom stereocenters. The van der Waals surface area contributed by atoms with Gasteiger partial charge in [-0.2, -0.15) is 0 Å². The highest BCUT2D eigenvalue weighted by Gasteiger charge is 2.26. The Morgan fingerprint density at radius 1 is 1.05 bits per heavy atom. The van der Waals surface area contributed by atoms with Gasteiger partial charge >= 0.3 is 0 Å². The van der Waals surface area contributed by atoms with Gasteiger partial charge in [-0.25, -0.2) is 0 Å². The molecule has 0 radical (unpaired) electrons. The SMILES string of the molecule is c1cc2c(cc1CN1CCN(CC3CC3)CC1)CCO2. The fourth-order valence-corrected chi connectivity index (χ4v) is 3.39. The van der Waals surface area contributed by atoms with Crippen LogP contribution in [0.2, 0.25) is 0 Å². The average Bonchev–Trinajstić information content (AvgIpc) is 3.15. The Morgan fingerprint density at radius 2 is 1.85 bits per heavy atom. The third kappa shape index (κ3) is 2.84. The zero-order chi connectivity index (χ0) is 13.4. The van der Waals surface area contributed by atoms with Gasteiger partial charge < -0.3 is 9.64 Å². The summed E-state index contributed by atoms with van der Waals surface area (Å²) in [5.41, 5.74) is 2.85. The maximum atomic E-state index is 5.58. The third-order valence-electron chi connectivity index (χ3n) is 4.84. The van der Waals surface area contributed by atoms with Gasteiger partial charge in [0.05, 0.1) is 6.61 Å². The second-order valence-electron chi connectivity index (χ2n) is 6.56. The molecule has 0 amide bonds. The molecule has 0 spiro atoms. The van der Waals surface area contributed by atoms with Crippen LogP contribution in [-0.4, -0.2) is 49.1 Å². The predicted octanol–water partition coefficient (Wildman–Crippen LogP) is 2.15. The molecular weight excluding hydrogens is 248 g/mol. The number of rotatable bonds is 4. The fourth-order valence-electron chi connectivity index (χ4n) is 3.39. The third-order valence-corrected chi connectivity index (χ3v) is 4.84. The molecule has 2 heterocycles. The van der Waals surface area contributed by atoms with Gasteiger partial charge in [0.25, 0.3) is 0 Å². The Kier molecular flexibility index (Phi) is 3.41. The molecule has 1 saturated heterocycles. The summed E-state index contributed by atoms with van der Waals surface area (Å²) >= 11 is 0. The van der Waals surface area contributed by atoms with Crippen LogP contribution in [-0.2, 0) is 13.0 Å². The van der Waals surface area contributed by atoms with Crippen molar-refractivity contribution in [2.45, 2.75) is 25.8 Å². The summed E-state index contributed by atoms with van der Waals surface area (Å²) in [5, 5.41) is 0. The van der Waals surface area contributed by atoms with E-state index in [4.69, 9.17) is 4.74 Å². The lowest BCUT2D eigenvalue weighted by atomic mass is 10.1. The minimum absolute atomic E-state index is 0.860. The van der Waals surface area contributed by atoms with Crippen LogP contribution in [0.3, 0.4) is 0 Å². The van der Waals surface area contributed by atoms with Gasteiger partial charge in [-0.05, 0) is 36.0 Å². The lowest BCUT2D eigenvalue weighted by Crippen LogP contribution is -2.46. The number of fused-ring (bicyclic) bond motifs is 1. The van der Waals surface area contributed by atoms with Crippen LogP contribution in [0.4, 0.5) is 0 Å². The standard InChI is InChI=1S/C17H24N2O/c1-2-14(1)12-18-6-8-19(9-7-18)13-15-3-4-17-16(11-15)5-10-20-17/h3-4,11,14H,1-2,5-10,12-13H2. The van der Waals surface area contributed by atoms with E-state index < -0.39 is 0 Å². The first-order chi connectivity index (χ1) is 9.87. The summed E-state index contributed by atoms with van der Waals surface area (Å²) < 4.78 is 5.58. The van der Waals surface area contributed by atoms with Gasteiger partial charge in [0.15, 0.2) is 0 Å². The van der Waals surface area contributed by atoms with Crippen molar-refractivity contribution in [2.75, 3.05) is 39.3 Å². The van der Waals surface area contributed by atoms with E-state index in [1.165, 1.54) is 56.7 Å². The van der Waals surface area contributed by atoms with Crippen molar-refractivity contribution in [1.29, 1.82) is 0 Å². The summed E-state index contributed by atoms with van der Waals surface area (Å²) in [5.74, 6) is 2.13. The van der Waals surface area contributed by atoms with Gasteiger partial charge in [-0.15, -0.1) is 0 Å². The van der Waals surface area contributed by atoms with Crippen LogP contribution in [0.15, 0.2) is 18.2 Å². The second kappa shape index (κ2) is 5.38. The normalized spacial score (nSPS) is 23.6. The van der Waals surface area contributed by atoms with Crippen LogP contribution in [0.25, 0.3) is 0 Å². The molecule has 20 heavy (non-hydrogen) atoms.